The highest BCUT2D eigenvalue weighted by Crippen LogP contribution is 2.20. The predicted molar refractivity (Wildman–Crippen MR) is 89.8 cm³/mol. The van der Waals surface area contributed by atoms with Crippen molar-refractivity contribution >= 4 is 27.5 Å². The van der Waals surface area contributed by atoms with E-state index in [4.69, 9.17) is 11.5 Å². The lowest BCUT2D eigenvalue weighted by Gasteiger charge is -2.27. The van der Waals surface area contributed by atoms with Crippen LogP contribution in [0.2, 0.25) is 0 Å². The molecule has 140 valence electrons. The SMILES string of the molecule is CCCC(CCC)S(=O)(=O)CC(N)(C(N)=O)C(=O)CCC(=O)OC. The number of esters is 1. The molecule has 4 N–H and O–H groups in total. The molecule has 0 heterocycles. The standard InChI is InChI=1S/C15H28N2O6S/c1-4-6-11(7-5-2)24(21,22)10-15(17,14(16)20)12(18)8-9-13(19)23-3/h11H,4-10,17H2,1-3H3,(H2,16,20). The molecule has 0 saturated heterocycles. The van der Waals surface area contributed by atoms with Crippen LogP contribution in [0.5, 0.6) is 0 Å². The Balaban J connectivity index is 5.39. The minimum absolute atomic E-state index is 0.297. The second-order valence-corrected chi connectivity index (χ2v) is 8.12. The Kier molecular flexibility index (Phi) is 9.13. The first kappa shape index (κ1) is 22.5. The van der Waals surface area contributed by atoms with Crippen LogP contribution in [0.1, 0.15) is 52.4 Å². The Morgan fingerprint density at radius 3 is 1.96 bits per heavy atom. The zero-order chi connectivity index (χ0) is 19.0. The number of carbonyl (C=O) groups is 3. The average molecular weight is 364 g/mol. The minimum atomic E-state index is -3.80. The van der Waals surface area contributed by atoms with Crippen molar-refractivity contribution in [2.45, 2.75) is 63.2 Å². The highest BCUT2D eigenvalue weighted by Gasteiger charge is 2.45. The largest absolute Gasteiger partial charge is 0.469 e. The molecule has 0 aromatic rings. The third kappa shape index (κ3) is 6.20. The fraction of sp³-hybridized carbons (Fsp3) is 0.800. The first-order valence-electron chi connectivity index (χ1n) is 7.95. The molecule has 0 saturated carbocycles. The summed E-state index contributed by atoms with van der Waals surface area (Å²) < 4.78 is 29.6. The summed E-state index contributed by atoms with van der Waals surface area (Å²) in [6.45, 7) is 3.70. The normalized spacial score (nSPS) is 14.2. The van der Waals surface area contributed by atoms with Crippen molar-refractivity contribution in [1.82, 2.24) is 0 Å². The number of carbonyl (C=O) groups excluding carboxylic acids is 3. The average Bonchev–Trinajstić information content (AvgIpc) is 2.51. The number of ketones is 1. The molecular formula is C15H28N2O6S. The molecule has 0 rings (SSSR count). The van der Waals surface area contributed by atoms with E-state index in [1.807, 2.05) is 13.8 Å². The Morgan fingerprint density at radius 1 is 1.08 bits per heavy atom. The summed E-state index contributed by atoms with van der Waals surface area (Å²) in [4.78, 5) is 35.1. The van der Waals surface area contributed by atoms with E-state index >= 15 is 0 Å². The van der Waals surface area contributed by atoms with E-state index in [9.17, 15) is 22.8 Å². The van der Waals surface area contributed by atoms with Crippen LogP contribution >= 0.6 is 0 Å². The highest BCUT2D eigenvalue weighted by molar-refractivity contribution is 7.92. The summed E-state index contributed by atoms with van der Waals surface area (Å²) in [5.41, 5.74) is 8.63. The minimum Gasteiger partial charge on any atom is -0.469 e. The number of Topliss-reactive ketones (excluding diaryl/α,β-unsaturated/α-hetero) is 1. The van der Waals surface area contributed by atoms with Crippen molar-refractivity contribution in [3.8, 4) is 0 Å². The topological polar surface area (TPSA) is 147 Å². The van der Waals surface area contributed by atoms with Crippen LogP contribution in [0.4, 0.5) is 0 Å². The van der Waals surface area contributed by atoms with Crippen molar-refractivity contribution in [2.75, 3.05) is 12.9 Å². The number of nitrogens with two attached hydrogens (primary N) is 2. The van der Waals surface area contributed by atoms with Gasteiger partial charge in [-0.1, -0.05) is 26.7 Å². The van der Waals surface area contributed by atoms with Gasteiger partial charge in [-0.15, -0.1) is 0 Å². The lowest BCUT2D eigenvalue weighted by Crippen LogP contribution is -2.63. The number of hydrogen-bond acceptors (Lipinski definition) is 7. The van der Waals surface area contributed by atoms with Gasteiger partial charge in [0.25, 0.3) is 0 Å². The molecule has 0 aliphatic heterocycles. The Hall–Kier alpha value is -1.48. The number of methoxy groups -OCH3 is 1. The van der Waals surface area contributed by atoms with Gasteiger partial charge in [0, 0.05) is 6.42 Å². The number of sulfone groups is 1. The molecule has 1 atom stereocenters. The Bertz CT molecular complexity index is 554. The molecule has 8 nitrogen and oxygen atoms in total. The van der Waals surface area contributed by atoms with E-state index in [1.54, 1.807) is 0 Å². The van der Waals surface area contributed by atoms with Gasteiger partial charge in [-0.05, 0) is 12.8 Å². The summed E-state index contributed by atoms with van der Waals surface area (Å²) in [7, 11) is -2.65. The number of hydrogen-bond donors (Lipinski definition) is 2. The molecule has 0 aliphatic rings. The summed E-state index contributed by atoms with van der Waals surface area (Å²) in [5.74, 6) is -3.60. The van der Waals surface area contributed by atoms with Crippen molar-refractivity contribution in [3.05, 3.63) is 0 Å². The zero-order valence-electron chi connectivity index (χ0n) is 14.5. The molecular weight excluding hydrogens is 336 g/mol. The lowest BCUT2D eigenvalue weighted by atomic mass is 9.93. The van der Waals surface area contributed by atoms with E-state index in [1.165, 1.54) is 0 Å². The molecule has 1 amide bonds. The van der Waals surface area contributed by atoms with Gasteiger partial charge >= 0.3 is 5.97 Å². The Labute approximate surface area is 143 Å². The smallest absolute Gasteiger partial charge is 0.305 e. The van der Waals surface area contributed by atoms with Gasteiger partial charge < -0.3 is 16.2 Å². The number of primary amides is 1. The quantitative estimate of drug-likeness (QED) is 0.368. The summed E-state index contributed by atoms with van der Waals surface area (Å²) in [5, 5.41) is -0.678. The van der Waals surface area contributed by atoms with Crippen molar-refractivity contribution in [1.29, 1.82) is 0 Å². The van der Waals surface area contributed by atoms with Gasteiger partial charge in [-0.3, -0.25) is 14.4 Å². The van der Waals surface area contributed by atoms with Gasteiger partial charge in [-0.25, -0.2) is 8.42 Å². The zero-order valence-corrected chi connectivity index (χ0v) is 15.4. The maximum absolute atomic E-state index is 12.6. The second-order valence-electron chi connectivity index (χ2n) is 5.84. The number of rotatable bonds is 12. The fourth-order valence-corrected chi connectivity index (χ4v) is 4.78. The van der Waals surface area contributed by atoms with E-state index in [0.29, 0.717) is 25.7 Å². The van der Waals surface area contributed by atoms with Crippen molar-refractivity contribution in [3.63, 3.8) is 0 Å². The summed E-state index contributed by atoms with van der Waals surface area (Å²) in [6.07, 6.45) is 1.42. The van der Waals surface area contributed by atoms with E-state index in [2.05, 4.69) is 4.74 Å². The summed E-state index contributed by atoms with van der Waals surface area (Å²) >= 11 is 0. The number of ether oxygens (including phenoxy) is 1. The van der Waals surface area contributed by atoms with E-state index in [-0.39, 0.29) is 6.42 Å². The maximum atomic E-state index is 12.6. The van der Waals surface area contributed by atoms with Gasteiger partial charge in [0.2, 0.25) is 5.91 Å². The van der Waals surface area contributed by atoms with Gasteiger partial charge in [0.1, 0.15) is 0 Å². The third-order valence-electron chi connectivity index (χ3n) is 3.88. The van der Waals surface area contributed by atoms with Crippen molar-refractivity contribution < 1.29 is 27.5 Å². The molecule has 0 radical (unpaired) electrons. The van der Waals surface area contributed by atoms with Crippen LogP contribution in [-0.2, 0) is 29.0 Å². The molecule has 0 aromatic heterocycles. The van der Waals surface area contributed by atoms with Gasteiger partial charge in [-0.2, -0.15) is 0 Å². The molecule has 0 fully saturated rings. The molecule has 1 unspecified atom stereocenters. The monoisotopic (exact) mass is 364 g/mol. The van der Waals surface area contributed by atoms with Crippen LogP contribution in [-0.4, -0.2) is 49.7 Å². The summed E-state index contributed by atoms with van der Waals surface area (Å²) in [6, 6.07) is 0. The fourth-order valence-electron chi connectivity index (χ4n) is 2.41. The van der Waals surface area contributed by atoms with Crippen LogP contribution in [0.3, 0.4) is 0 Å². The van der Waals surface area contributed by atoms with Crippen LogP contribution in [0, 0.1) is 0 Å². The maximum Gasteiger partial charge on any atom is 0.305 e. The van der Waals surface area contributed by atoms with Gasteiger partial charge in [0.15, 0.2) is 21.2 Å². The Morgan fingerprint density at radius 2 is 1.58 bits per heavy atom. The molecule has 24 heavy (non-hydrogen) atoms. The second kappa shape index (κ2) is 9.73. The lowest BCUT2D eigenvalue weighted by molar-refractivity contribution is -0.143. The third-order valence-corrected chi connectivity index (χ3v) is 6.22. The van der Waals surface area contributed by atoms with E-state index < -0.39 is 50.5 Å². The van der Waals surface area contributed by atoms with Crippen LogP contribution in [0.25, 0.3) is 0 Å². The molecule has 0 spiro atoms. The van der Waals surface area contributed by atoms with Crippen molar-refractivity contribution in [2.24, 2.45) is 11.5 Å². The predicted octanol–water partition coefficient (Wildman–Crippen LogP) is 0.0751. The first-order valence-corrected chi connectivity index (χ1v) is 9.67. The first-order chi connectivity index (χ1) is 11.0. The van der Waals surface area contributed by atoms with Crippen LogP contribution < -0.4 is 11.5 Å². The molecule has 0 aliphatic carbocycles. The highest BCUT2D eigenvalue weighted by atomic mass is 32.2. The van der Waals surface area contributed by atoms with Gasteiger partial charge in [0.05, 0.1) is 24.5 Å². The molecule has 0 aromatic carbocycles. The molecule has 9 heteroatoms. The van der Waals surface area contributed by atoms with E-state index in [0.717, 1.165) is 7.11 Å². The molecule has 0 bridgehead atoms. The number of amides is 1. The van der Waals surface area contributed by atoms with Crippen LogP contribution in [0.15, 0.2) is 0 Å².